The number of rotatable bonds is 2. The van der Waals surface area contributed by atoms with E-state index in [4.69, 9.17) is 22.6 Å². The van der Waals surface area contributed by atoms with Gasteiger partial charge in [-0.25, -0.2) is 0 Å². The van der Waals surface area contributed by atoms with Crippen molar-refractivity contribution in [3.8, 4) is 6.07 Å². The van der Waals surface area contributed by atoms with Gasteiger partial charge in [-0.3, -0.25) is 0 Å². The number of benzene rings is 1. The van der Waals surface area contributed by atoms with E-state index in [2.05, 4.69) is 0 Å². The molecule has 0 bridgehead atoms. The first-order chi connectivity index (χ1) is 6.24. The highest BCUT2D eigenvalue weighted by atomic mass is 35.5. The summed E-state index contributed by atoms with van der Waals surface area (Å²) in [5.74, 6) is 0. The topological polar surface area (TPSA) is 49.8 Å². The van der Waals surface area contributed by atoms with Gasteiger partial charge in [-0.1, -0.05) is 29.8 Å². The van der Waals surface area contributed by atoms with E-state index in [0.29, 0.717) is 17.1 Å². The third-order valence-electron chi connectivity index (χ3n) is 1.54. The van der Waals surface area contributed by atoms with E-state index in [0.717, 1.165) is 5.56 Å². The molecule has 1 aromatic rings. The monoisotopic (exact) mass is 192 g/mol. The lowest BCUT2D eigenvalue weighted by Crippen LogP contribution is -1.86. The number of nitrogens with two attached hydrogens (primary N) is 1. The SMILES string of the molecule is N#CCC=Cc1ccc(Cl)c(N)c1. The summed E-state index contributed by atoms with van der Waals surface area (Å²) in [6.07, 6.45) is 4.03. The number of anilines is 1. The molecule has 0 aromatic heterocycles. The van der Waals surface area contributed by atoms with Gasteiger partial charge in [-0.05, 0) is 17.7 Å². The van der Waals surface area contributed by atoms with Crippen molar-refractivity contribution in [2.45, 2.75) is 6.42 Å². The molecule has 0 aliphatic carbocycles. The number of hydrogen-bond donors (Lipinski definition) is 1. The molecule has 0 heterocycles. The van der Waals surface area contributed by atoms with Crippen LogP contribution in [0.2, 0.25) is 5.02 Å². The van der Waals surface area contributed by atoms with E-state index in [9.17, 15) is 0 Å². The van der Waals surface area contributed by atoms with Crippen molar-refractivity contribution in [3.63, 3.8) is 0 Å². The van der Waals surface area contributed by atoms with Gasteiger partial charge >= 0.3 is 0 Å². The van der Waals surface area contributed by atoms with Crippen molar-refractivity contribution < 1.29 is 0 Å². The lowest BCUT2D eigenvalue weighted by molar-refractivity contribution is 1.36. The first kappa shape index (κ1) is 9.63. The molecule has 0 saturated carbocycles. The fourth-order valence-corrected chi connectivity index (χ4v) is 1.03. The summed E-state index contributed by atoms with van der Waals surface area (Å²) < 4.78 is 0. The maximum atomic E-state index is 8.30. The summed E-state index contributed by atoms with van der Waals surface area (Å²) in [5.41, 5.74) is 7.11. The van der Waals surface area contributed by atoms with Gasteiger partial charge in [-0.15, -0.1) is 0 Å². The molecule has 0 amide bonds. The van der Waals surface area contributed by atoms with Crippen molar-refractivity contribution in [2.75, 3.05) is 5.73 Å². The van der Waals surface area contributed by atoms with Gasteiger partial charge in [0.2, 0.25) is 0 Å². The van der Waals surface area contributed by atoms with Crippen LogP contribution in [0.1, 0.15) is 12.0 Å². The van der Waals surface area contributed by atoms with Gasteiger partial charge in [0.05, 0.1) is 23.2 Å². The second kappa shape index (κ2) is 4.54. The zero-order chi connectivity index (χ0) is 9.68. The quantitative estimate of drug-likeness (QED) is 0.733. The van der Waals surface area contributed by atoms with Gasteiger partial charge < -0.3 is 5.73 Å². The van der Waals surface area contributed by atoms with Crippen LogP contribution in [-0.2, 0) is 0 Å². The maximum Gasteiger partial charge on any atom is 0.0663 e. The van der Waals surface area contributed by atoms with Crippen molar-refractivity contribution >= 4 is 23.4 Å². The number of hydrogen-bond acceptors (Lipinski definition) is 2. The standard InChI is InChI=1S/C10H9ClN2/c11-9-5-4-8(7-10(9)13)3-1-2-6-12/h1,3-5,7H,2,13H2. The van der Waals surface area contributed by atoms with Crippen LogP contribution in [0, 0.1) is 11.3 Å². The molecule has 0 fully saturated rings. The normalized spacial score (nSPS) is 10.2. The van der Waals surface area contributed by atoms with Gasteiger partial charge in [0.25, 0.3) is 0 Å². The number of halogens is 1. The minimum Gasteiger partial charge on any atom is -0.398 e. The molecule has 1 aromatic carbocycles. The Morgan fingerprint density at radius 1 is 1.54 bits per heavy atom. The smallest absolute Gasteiger partial charge is 0.0663 e. The predicted molar refractivity (Wildman–Crippen MR) is 55.1 cm³/mol. The molecule has 13 heavy (non-hydrogen) atoms. The van der Waals surface area contributed by atoms with Crippen LogP contribution in [0.5, 0.6) is 0 Å². The van der Waals surface area contributed by atoms with Crippen LogP contribution in [-0.4, -0.2) is 0 Å². The molecule has 0 aliphatic heterocycles. The predicted octanol–water partition coefficient (Wildman–Crippen LogP) is 2.85. The first-order valence-electron chi connectivity index (χ1n) is 3.82. The Kier molecular flexibility index (Phi) is 3.36. The van der Waals surface area contributed by atoms with Crippen LogP contribution in [0.15, 0.2) is 24.3 Å². The van der Waals surface area contributed by atoms with Crippen LogP contribution >= 0.6 is 11.6 Å². The fourth-order valence-electron chi connectivity index (χ4n) is 0.914. The molecule has 3 heteroatoms. The van der Waals surface area contributed by atoms with Crippen molar-refractivity contribution in [1.29, 1.82) is 5.26 Å². The highest BCUT2D eigenvalue weighted by Crippen LogP contribution is 2.20. The second-order valence-corrected chi connectivity index (χ2v) is 2.95. The molecule has 0 spiro atoms. The number of nitrogens with zero attached hydrogens (tertiary/aromatic N) is 1. The minimum absolute atomic E-state index is 0.405. The van der Waals surface area contributed by atoms with Crippen molar-refractivity contribution in [3.05, 3.63) is 34.9 Å². The van der Waals surface area contributed by atoms with Crippen molar-refractivity contribution in [2.24, 2.45) is 0 Å². The summed E-state index contributed by atoms with van der Waals surface area (Å²) in [6.45, 7) is 0. The fraction of sp³-hybridized carbons (Fsp3) is 0.100. The molecule has 0 radical (unpaired) electrons. The molecule has 0 saturated heterocycles. The first-order valence-corrected chi connectivity index (χ1v) is 4.20. The average molecular weight is 193 g/mol. The highest BCUT2D eigenvalue weighted by Gasteiger charge is 1.94. The van der Waals surface area contributed by atoms with Crippen LogP contribution in [0.3, 0.4) is 0 Å². The molecule has 0 unspecified atom stereocenters. The molecule has 2 nitrogen and oxygen atoms in total. The lowest BCUT2D eigenvalue weighted by atomic mass is 10.2. The number of nitrogen functional groups attached to an aromatic ring is 1. The summed E-state index contributed by atoms with van der Waals surface area (Å²) in [7, 11) is 0. The number of allylic oxidation sites excluding steroid dienone is 1. The lowest BCUT2D eigenvalue weighted by Gasteiger charge is -1.98. The number of nitriles is 1. The van der Waals surface area contributed by atoms with E-state index in [1.807, 2.05) is 18.2 Å². The summed E-state index contributed by atoms with van der Waals surface area (Å²) in [5, 5.41) is 8.85. The van der Waals surface area contributed by atoms with Gasteiger partial charge in [0.1, 0.15) is 0 Å². The molecule has 0 atom stereocenters. The summed E-state index contributed by atoms with van der Waals surface area (Å²) in [4.78, 5) is 0. The average Bonchev–Trinajstić information content (AvgIpc) is 2.12. The third kappa shape index (κ3) is 2.81. The van der Waals surface area contributed by atoms with E-state index in [-0.39, 0.29) is 0 Å². The van der Waals surface area contributed by atoms with Crippen LogP contribution in [0.25, 0.3) is 6.08 Å². The Balaban J connectivity index is 2.81. The van der Waals surface area contributed by atoms with E-state index in [1.54, 1.807) is 18.2 Å². The Labute approximate surface area is 82.2 Å². The Hall–Kier alpha value is -1.46. The Morgan fingerprint density at radius 2 is 2.31 bits per heavy atom. The van der Waals surface area contributed by atoms with E-state index >= 15 is 0 Å². The minimum atomic E-state index is 0.405. The van der Waals surface area contributed by atoms with Crippen LogP contribution < -0.4 is 5.73 Å². The van der Waals surface area contributed by atoms with E-state index < -0.39 is 0 Å². The molecular weight excluding hydrogens is 184 g/mol. The summed E-state index contributed by atoms with van der Waals surface area (Å²) in [6, 6.07) is 7.39. The molecule has 1 rings (SSSR count). The van der Waals surface area contributed by atoms with Gasteiger partial charge in [-0.2, -0.15) is 5.26 Å². The molecular formula is C10H9ClN2. The van der Waals surface area contributed by atoms with Gasteiger partial charge in [0, 0.05) is 0 Å². The highest BCUT2D eigenvalue weighted by molar-refractivity contribution is 6.33. The molecule has 66 valence electrons. The van der Waals surface area contributed by atoms with Crippen molar-refractivity contribution in [1.82, 2.24) is 0 Å². The zero-order valence-corrected chi connectivity index (χ0v) is 7.75. The zero-order valence-electron chi connectivity index (χ0n) is 7.00. The second-order valence-electron chi connectivity index (χ2n) is 2.55. The Bertz CT molecular complexity index is 364. The molecule has 0 aliphatic rings. The van der Waals surface area contributed by atoms with Gasteiger partial charge in [0.15, 0.2) is 0 Å². The van der Waals surface area contributed by atoms with E-state index in [1.165, 1.54) is 0 Å². The third-order valence-corrected chi connectivity index (χ3v) is 1.88. The largest absolute Gasteiger partial charge is 0.398 e. The Morgan fingerprint density at radius 3 is 2.92 bits per heavy atom. The summed E-state index contributed by atoms with van der Waals surface area (Å²) >= 11 is 5.74. The molecule has 2 N–H and O–H groups in total. The van der Waals surface area contributed by atoms with Crippen LogP contribution in [0.4, 0.5) is 5.69 Å². The maximum absolute atomic E-state index is 8.30.